The van der Waals surface area contributed by atoms with E-state index in [-0.39, 0.29) is 0 Å². The van der Waals surface area contributed by atoms with Crippen LogP contribution in [0.1, 0.15) is 18.4 Å². The molecule has 1 spiro atoms. The summed E-state index contributed by atoms with van der Waals surface area (Å²) in [5, 5.41) is 4.31. The van der Waals surface area contributed by atoms with Crippen LogP contribution < -0.4 is 10.1 Å². The molecule has 0 aromatic heterocycles. The zero-order chi connectivity index (χ0) is 13.3. The molecule has 1 N–H and O–H groups in total. The fraction of sp³-hybridized carbons (Fsp3) is 0.600. The smallest absolute Gasteiger partial charge is 0.124 e. The minimum Gasteiger partial charge on any atom is -0.496 e. The Morgan fingerprint density at radius 2 is 2.32 bits per heavy atom. The van der Waals surface area contributed by atoms with Crippen molar-refractivity contribution in [1.29, 1.82) is 0 Å². The lowest BCUT2D eigenvalue weighted by molar-refractivity contribution is 0.265. The highest BCUT2D eigenvalue weighted by Crippen LogP contribution is 2.38. The largest absolute Gasteiger partial charge is 0.496 e. The van der Waals surface area contributed by atoms with Crippen LogP contribution in [0.4, 0.5) is 0 Å². The van der Waals surface area contributed by atoms with Gasteiger partial charge in [0.05, 0.1) is 7.11 Å². The van der Waals surface area contributed by atoms with Crippen molar-refractivity contribution in [3.63, 3.8) is 0 Å². The minimum atomic E-state index is 0.508. The standard InChI is InChI=1S/C15H21ClN2O/c1-19-14-4-2-3-13(16)12(14)9-18-8-6-15(11-18)5-7-17-10-15/h2-4,17H,5-11H2,1H3. The number of methoxy groups -OCH3 is 1. The van der Waals surface area contributed by atoms with Crippen molar-refractivity contribution >= 4 is 11.6 Å². The summed E-state index contributed by atoms with van der Waals surface area (Å²) in [7, 11) is 1.71. The third-order valence-corrected chi connectivity index (χ3v) is 4.88. The number of hydrogen-bond donors (Lipinski definition) is 1. The van der Waals surface area contributed by atoms with Crippen molar-refractivity contribution in [3.05, 3.63) is 28.8 Å². The normalized spacial score (nSPS) is 27.3. The van der Waals surface area contributed by atoms with E-state index in [1.807, 2.05) is 18.2 Å². The summed E-state index contributed by atoms with van der Waals surface area (Å²) >= 11 is 6.32. The van der Waals surface area contributed by atoms with Gasteiger partial charge in [-0.1, -0.05) is 17.7 Å². The number of hydrogen-bond acceptors (Lipinski definition) is 3. The molecule has 19 heavy (non-hydrogen) atoms. The molecule has 0 amide bonds. The van der Waals surface area contributed by atoms with Gasteiger partial charge in [0.15, 0.2) is 0 Å². The highest BCUT2D eigenvalue weighted by Gasteiger charge is 2.40. The molecule has 1 aromatic carbocycles. The van der Waals surface area contributed by atoms with Gasteiger partial charge in [0.2, 0.25) is 0 Å². The van der Waals surface area contributed by atoms with Gasteiger partial charge in [-0.2, -0.15) is 0 Å². The molecule has 2 fully saturated rings. The third-order valence-electron chi connectivity index (χ3n) is 4.53. The number of rotatable bonds is 3. The van der Waals surface area contributed by atoms with Gasteiger partial charge in [-0.15, -0.1) is 0 Å². The first kappa shape index (κ1) is 13.2. The maximum Gasteiger partial charge on any atom is 0.124 e. The van der Waals surface area contributed by atoms with Gasteiger partial charge >= 0.3 is 0 Å². The topological polar surface area (TPSA) is 24.5 Å². The maximum atomic E-state index is 6.32. The summed E-state index contributed by atoms with van der Waals surface area (Å²) in [6, 6.07) is 5.88. The number of ether oxygens (including phenoxy) is 1. The molecule has 4 heteroatoms. The van der Waals surface area contributed by atoms with Crippen LogP contribution in [-0.2, 0) is 6.54 Å². The van der Waals surface area contributed by atoms with Crippen LogP contribution in [-0.4, -0.2) is 38.2 Å². The van der Waals surface area contributed by atoms with Gasteiger partial charge < -0.3 is 10.1 Å². The Morgan fingerprint density at radius 3 is 3.05 bits per heavy atom. The molecule has 2 saturated heterocycles. The van der Waals surface area contributed by atoms with E-state index in [0.717, 1.165) is 29.4 Å². The van der Waals surface area contributed by atoms with E-state index in [4.69, 9.17) is 16.3 Å². The van der Waals surface area contributed by atoms with Crippen LogP contribution in [0.5, 0.6) is 5.75 Å². The van der Waals surface area contributed by atoms with E-state index in [0.29, 0.717) is 5.41 Å². The van der Waals surface area contributed by atoms with E-state index in [1.165, 1.54) is 32.5 Å². The molecule has 2 heterocycles. The van der Waals surface area contributed by atoms with Gasteiger partial charge in [0.1, 0.15) is 5.75 Å². The lowest BCUT2D eigenvalue weighted by atomic mass is 9.86. The zero-order valence-corrected chi connectivity index (χ0v) is 12.2. The van der Waals surface area contributed by atoms with E-state index >= 15 is 0 Å². The Hall–Kier alpha value is -0.770. The molecule has 3 nitrogen and oxygen atoms in total. The zero-order valence-electron chi connectivity index (χ0n) is 11.4. The minimum absolute atomic E-state index is 0.508. The summed E-state index contributed by atoms with van der Waals surface area (Å²) in [5.41, 5.74) is 1.63. The quantitative estimate of drug-likeness (QED) is 0.921. The fourth-order valence-corrected chi connectivity index (χ4v) is 3.64. The van der Waals surface area contributed by atoms with E-state index in [2.05, 4.69) is 10.2 Å². The molecule has 1 unspecified atom stereocenters. The van der Waals surface area contributed by atoms with E-state index in [9.17, 15) is 0 Å². The second kappa shape index (κ2) is 5.31. The summed E-state index contributed by atoms with van der Waals surface area (Å²) in [6.07, 6.45) is 2.61. The van der Waals surface area contributed by atoms with Crippen molar-refractivity contribution in [2.24, 2.45) is 5.41 Å². The molecule has 0 radical (unpaired) electrons. The number of nitrogens with one attached hydrogen (secondary N) is 1. The van der Waals surface area contributed by atoms with E-state index in [1.54, 1.807) is 7.11 Å². The fourth-order valence-electron chi connectivity index (χ4n) is 3.41. The van der Waals surface area contributed by atoms with E-state index < -0.39 is 0 Å². The first-order chi connectivity index (χ1) is 9.22. The van der Waals surface area contributed by atoms with Crippen molar-refractivity contribution < 1.29 is 4.74 Å². The lowest BCUT2D eigenvalue weighted by Gasteiger charge is -2.23. The van der Waals surface area contributed by atoms with Gasteiger partial charge in [0, 0.05) is 30.2 Å². The van der Waals surface area contributed by atoms with Crippen LogP contribution in [0.2, 0.25) is 5.02 Å². The number of likely N-dealkylation sites (tertiary alicyclic amines) is 1. The monoisotopic (exact) mass is 280 g/mol. The third kappa shape index (κ3) is 2.60. The van der Waals surface area contributed by atoms with Crippen LogP contribution in [0.3, 0.4) is 0 Å². The molecule has 104 valence electrons. The SMILES string of the molecule is COc1cccc(Cl)c1CN1CCC2(CCNC2)C1. The second-order valence-corrected chi connectivity index (χ2v) is 6.22. The molecule has 2 aliphatic heterocycles. The van der Waals surface area contributed by atoms with Gasteiger partial charge in [-0.05, 0) is 43.5 Å². The van der Waals surface area contributed by atoms with Crippen LogP contribution in [0, 0.1) is 5.41 Å². The van der Waals surface area contributed by atoms with Crippen LogP contribution >= 0.6 is 11.6 Å². The Balaban J connectivity index is 1.72. The average Bonchev–Trinajstić information content (AvgIpc) is 3.03. The van der Waals surface area contributed by atoms with Crippen molar-refractivity contribution in [2.45, 2.75) is 19.4 Å². The lowest BCUT2D eigenvalue weighted by Crippen LogP contribution is -2.29. The Morgan fingerprint density at radius 1 is 1.42 bits per heavy atom. The van der Waals surface area contributed by atoms with Gasteiger partial charge in [0.25, 0.3) is 0 Å². The Labute approximate surface area is 119 Å². The molecule has 0 bridgehead atoms. The Kier molecular flexibility index (Phi) is 3.70. The number of benzene rings is 1. The molecule has 1 aromatic rings. The molecular formula is C15H21ClN2O. The molecular weight excluding hydrogens is 260 g/mol. The molecule has 1 atom stereocenters. The summed E-state index contributed by atoms with van der Waals surface area (Å²) < 4.78 is 5.43. The predicted molar refractivity (Wildman–Crippen MR) is 77.8 cm³/mol. The van der Waals surface area contributed by atoms with Crippen molar-refractivity contribution in [3.8, 4) is 5.75 Å². The van der Waals surface area contributed by atoms with Crippen molar-refractivity contribution in [2.75, 3.05) is 33.3 Å². The molecule has 3 rings (SSSR count). The number of nitrogens with zero attached hydrogens (tertiary/aromatic N) is 1. The molecule has 0 saturated carbocycles. The summed E-state index contributed by atoms with van der Waals surface area (Å²) in [6.45, 7) is 5.57. The van der Waals surface area contributed by atoms with Crippen LogP contribution in [0.25, 0.3) is 0 Å². The summed E-state index contributed by atoms with van der Waals surface area (Å²) in [4.78, 5) is 2.51. The summed E-state index contributed by atoms with van der Waals surface area (Å²) in [5.74, 6) is 0.901. The maximum absolute atomic E-state index is 6.32. The van der Waals surface area contributed by atoms with Crippen molar-refractivity contribution in [1.82, 2.24) is 10.2 Å². The highest BCUT2D eigenvalue weighted by molar-refractivity contribution is 6.31. The second-order valence-electron chi connectivity index (χ2n) is 5.81. The average molecular weight is 281 g/mol. The molecule has 2 aliphatic rings. The van der Waals surface area contributed by atoms with Gasteiger partial charge in [-0.3, -0.25) is 4.90 Å². The number of halogens is 1. The Bertz CT molecular complexity index is 457. The first-order valence-electron chi connectivity index (χ1n) is 6.97. The highest BCUT2D eigenvalue weighted by atomic mass is 35.5. The predicted octanol–water partition coefficient (Wildman–Crippen LogP) is 2.53. The van der Waals surface area contributed by atoms with Crippen LogP contribution in [0.15, 0.2) is 18.2 Å². The molecule has 0 aliphatic carbocycles. The van der Waals surface area contributed by atoms with Gasteiger partial charge in [-0.25, -0.2) is 0 Å². The first-order valence-corrected chi connectivity index (χ1v) is 7.35.